The van der Waals surface area contributed by atoms with Crippen molar-refractivity contribution in [2.75, 3.05) is 6.54 Å². The minimum atomic E-state index is 0.634. The molecule has 1 aromatic heterocycles. The van der Waals surface area contributed by atoms with Crippen LogP contribution in [0.4, 0.5) is 0 Å². The Hall–Kier alpha value is -0.380. The van der Waals surface area contributed by atoms with Crippen LogP contribution in [-0.2, 0) is 6.54 Å². The van der Waals surface area contributed by atoms with Crippen molar-refractivity contribution in [3.63, 3.8) is 0 Å². The van der Waals surface area contributed by atoms with Crippen LogP contribution in [0.2, 0.25) is 0 Å². The Labute approximate surface area is 74.9 Å². The second kappa shape index (κ2) is 4.49. The number of aromatic nitrogens is 1. The van der Waals surface area contributed by atoms with Gasteiger partial charge in [-0.2, -0.15) is 0 Å². The van der Waals surface area contributed by atoms with Gasteiger partial charge in [-0.05, 0) is 0 Å². The van der Waals surface area contributed by atoms with Crippen molar-refractivity contribution < 1.29 is 0 Å². The van der Waals surface area contributed by atoms with Gasteiger partial charge in [0.15, 0.2) is 0 Å². The fraction of sp³-hybridized carbons (Fsp3) is 0.286. The van der Waals surface area contributed by atoms with Crippen molar-refractivity contribution in [1.29, 1.82) is 0 Å². The lowest BCUT2D eigenvalue weighted by Gasteiger charge is -1.98. The highest BCUT2D eigenvalue weighted by Crippen LogP contribution is 2.04. The largest absolute Gasteiger partial charge is 0.307 e. The summed E-state index contributed by atoms with van der Waals surface area (Å²) in [6.07, 6.45) is 1.84. The molecule has 0 aliphatic heterocycles. The Balaban J connectivity index is 2.19. The summed E-state index contributed by atoms with van der Waals surface area (Å²) in [7, 11) is 0. The van der Waals surface area contributed by atoms with Crippen molar-refractivity contribution in [1.82, 2.24) is 10.3 Å². The zero-order chi connectivity index (χ0) is 8.10. The average molecular weight is 189 g/mol. The predicted octanol–water partition coefficient (Wildman–Crippen LogP) is 1.99. The first kappa shape index (κ1) is 8.71. The molecule has 0 fully saturated rings. The van der Waals surface area contributed by atoms with Crippen LogP contribution in [0, 0.1) is 0 Å². The number of halogens is 1. The van der Waals surface area contributed by atoms with E-state index in [1.54, 1.807) is 11.3 Å². The first-order valence-corrected chi connectivity index (χ1v) is 4.46. The van der Waals surface area contributed by atoms with Crippen LogP contribution in [0.1, 0.15) is 4.88 Å². The molecule has 1 heterocycles. The van der Waals surface area contributed by atoms with E-state index in [4.69, 9.17) is 11.6 Å². The second-order valence-corrected chi connectivity index (χ2v) is 3.59. The van der Waals surface area contributed by atoms with Crippen molar-refractivity contribution in [3.8, 4) is 0 Å². The molecule has 4 heteroatoms. The fourth-order valence-corrected chi connectivity index (χ4v) is 1.31. The van der Waals surface area contributed by atoms with E-state index in [9.17, 15) is 0 Å². The maximum atomic E-state index is 5.55. The van der Waals surface area contributed by atoms with Gasteiger partial charge in [0.1, 0.15) is 0 Å². The first-order valence-electron chi connectivity index (χ1n) is 3.20. The summed E-state index contributed by atoms with van der Waals surface area (Å²) in [5.41, 5.74) is 1.81. The Morgan fingerprint density at radius 2 is 2.64 bits per heavy atom. The van der Waals surface area contributed by atoms with Crippen molar-refractivity contribution >= 4 is 22.9 Å². The molecule has 0 spiro atoms. The summed E-state index contributed by atoms with van der Waals surface area (Å²) < 4.78 is 0. The highest BCUT2D eigenvalue weighted by molar-refractivity contribution is 7.09. The zero-order valence-electron chi connectivity index (χ0n) is 6.01. The lowest BCUT2D eigenvalue weighted by Crippen LogP contribution is -2.13. The van der Waals surface area contributed by atoms with Gasteiger partial charge in [0.05, 0.1) is 5.51 Å². The monoisotopic (exact) mass is 188 g/mol. The summed E-state index contributed by atoms with van der Waals surface area (Å²) in [4.78, 5) is 5.15. The standard InChI is InChI=1S/C7H9ClN2S/c1-6(8)2-9-3-7-4-10-5-11-7/h4-5,9H,1-3H2. The van der Waals surface area contributed by atoms with Gasteiger partial charge >= 0.3 is 0 Å². The molecule has 0 saturated carbocycles. The summed E-state index contributed by atoms with van der Waals surface area (Å²) in [5.74, 6) is 0. The molecule has 0 bridgehead atoms. The molecule has 0 unspecified atom stereocenters. The molecule has 1 rings (SSSR count). The maximum absolute atomic E-state index is 5.55. The van der Waals surface area contributed by atoms with Gasteiger partial charge in [0.25, 0.3) is 0 Å². The number of rotatable bonds is 4. The van der Waals surface area contributed by atoms with Crippen LogP contribution < -0.4 is 5.32 Å². The molecule has 1 aromatic rings. The zero-order valence-corrected chi connectivity index (χ0v) is 7.58. The van der Waals surface area contributed by atoms with Crippen LogP contribution in [0.3, 0.4) is 0 Å². The molecule has 0 aliphatic rings. The van der Waals surface area contributed by atoms with E-state index in [0.29, 0.717) is 11.6 Å². The van der Waals surface area contributed by atoms with E-state index in [-0.39, 0.29) is 0 Å². The van der Waals surface area contributed by atoms with Crippen LogP contribution in [0.15, 0.2) is 23.3 Å². The lowest BCUT2D eigenvalue weighted by atomic mass is 10.5. The highest BCUT2D eigenvalue weighted by atomic mass is 35.5. The van der Waals surface area contributed by atoms with Gasteiger partial charge < -0.3 is 5.32 Å². The van der Waals surface area contributed by atoms with E-state index in [1.807, 2.05) is 11.7 Å². The van der Waals surface area contributed by atoms with Gasteiger partial charge in [0, 0.05) is 29.2 Å². The number of nitrogens with one attached hydrogen (secondary N) is 1. The molecule has 2 nitrogen and oxygen atoms in total. The van der Waals surface area contributed by atoms with Gasteiger partial charge in [0.2, 0.25) is 0 Å². The van der Waals surface area contributed by atoms with Crippen LogP contribution >= 0.6 is 22.9 Å². The first-order chi connectivity index (χ1) is 5.29. The van der Waals surface area contributed by atoms with Crippen LogP contribution in [0.25, 0.3) is 0 Å². The number of thiazole rings is 1. The Morgan fingerprint density at radius 3 is 3.18 bits per heavy atom. The minimum absolute atomic E-state index is 0.634. The quantitative estimate of drug-likeness (QED) is 0.782. The molecule has 60 valence electrons. The Morgan fingerprint density at radius 1 is 1.82 bits per heavy atom. The molecule has 0 amide bonds. The molecule has 0 aliphatic carbocycles. The predicted molar refractivity (Wildman–Crippen MR) is 48.8 cm³/mol. The summed E-state index contributed by atoms with van der Waals surface area (Å²) in [5, 5.41) is 3.76. The van der Waals surface area contributed by atoms with E-state index < -0.39 is 0 Å². The van der Waals surface area contributed by atoms with E-state index in [1.165, 1.54) is 4.88 Å². The summed E-state index contributed by atoms with van der Waals surface area (Å²) in [6, 6.07) is 0. The van der Waals surface area contributed by atoms with Gasteiger partial charge in [-0.3, -0.25) is 4.98 Å². The molecule has 1 N–H and O–H groups in total. The Bertz CT molecular complexity index is 220. The van der Waals surface area contributed by atoms with E-state index in [2.05, 4.69) is 16.9 Å². The third-order valence-electron chi connectivity index (χ3n) is 1.10. The Kier molecular flexibility index (Phi) is 3.56. The lowest BCUT2D eigenvalue weighted by molar-refractivity contribution is 0.763. The third-order valence-corrected chi connectivity index (χ3v) is 2.01. The topological polar surface area (TPSA) is 24.9 Å². The third kappa shape index (κ3) is 3.51. The van der Waals surface area contributed by atoms with Crippen molar-refractivity contribution in [2.45, 2.75) is 6.54 Å². The SMILES string of the molecule is C=C(Cl)CNCc1cncs1. The molecule has 0 saturated heterocycles. The number of nitrogens with zero attached hydrogens (tertiary/aromatic N) is 1. The highest BCUT2D eigenvalue weighted by Gasteiger charge is 1.93. The van der Waals surface area contributed by atoms with Crippen LogP contribution in [0.5, 0.6) is 0 Å². The van der Waals surface area contributed by atoms with E-state index in [0.717, 1.165) is 6.54 Å². The van der Waals surface area contributed by atoms with E-state index >= 15 is 0 Å². The molecular weight excluding hydrogens is 180 g/mol. The van der Waals surface area contributed by atoms with Crippen LogP contribution in [-0.4, -0.2) is 11.5 Å². The average Bonchev–Trinajstić information content (AvgIpc) is 2.39. The fourth-order valence-electron chi connectivity index (χ4n) is 0.651. The smallest absolute Gasteiger partial charge is 0.0794 e. The molecule has 0 atom stereocenters. The summed E-state index contributed by atoms with van der Waals surface area (Å²) >= 11 is 7.18. The minimum Gasteiger partial charge on any atom is -0.307 e. The molecule has 0 aromatic carbocycles. The molecular formula is C7H9ClN2S. The summed E-state index contributed by atoms with van der Waals surface area (Å²) in [6.45, 7) is 5.03. The van der Waals surface area contributed by atoms with Gasteiger partial charge in [-0.1, -0.05) is 18.2 Å². The van der Waals surface area contributed by atoms with Crippen molar-refractivity contribution in [3.05, 3.63) is 28.2 Å². The number of hydrogen-bond donors (Lipinski definition) is 1. The van der Waals surface area contributed by atoms with Gasteiger partial charge in [-0.15, -0.1) is 11.3 Å². The maximum Gasteiger partial charge on any atom is 0.0794 e. The second-order valence-electron chi connectivity index (χ2n) is 2.09. The molecule has 0 radical (unpaired) electrons. The molecule has 11 heavy (non-hydrogen) atoms. The number of hydrogen-bond acceptors (Lipinski definition) is 3. The van der Waals surface area contributed by atoms with Gasteiger partial charge in [-0.25, -0.2) is 0 Å². The normalized spacial score (nSPS) is 9.91. The van der Waals surface area contributed by atoms with Crippen molar-refractivity contribution in [2.24, 2.45) is 0 Å².